The zero-order chi connectivity index (χ0) is 9.52. The molecule has 0 aromatic heterocycles. The lowest BCUT2D eigenvalue weighted by atomic mass is 10.2. The summed E-state index contributed by atoms with van der Waals surface area (Å²) in [6.45, 7) is 1.78. The predicted octanol–water partition coefficient (Wildman–Crippen LogP) is 0.819. The molecule has 4 nitrogen and oxygen atoms in total. The van der Waals surface area contributed by atoms with Crippen molar-refractivity contribution in [1.82, 2.24) is 10.6 Å². The topological polar surface area (TPSA) is 58.2 Å². The van der Waals surface area contributed by atoms with Crippen LogP contribution in [0.15, 0.2) is 0 Å². The second kappa shape index (κ2) is 7.35. The van der Waals surface area contributed by atoms with E-state index >= 15 is 0 Å². The lowest BCUT2D eigenvalue weighted by Gasteiger charge is -2.08. The molecule has 0 aromatic carbocycles. The van der Waals surface area contributed by atoms with Crippen LogP contribution in [0.4, 0.5) is 0 Å². The fourth-order valence-corrected chi connectivity index (χ4v) is 1.29. The highest BCUT2D eigenvalue weighted by atomic mass is 16.2. The highest BCUT2D eigenvalue weighted by Crippen LogP contribution is 1.98. The molecule has 14 heavy (non-hydrogen) atoms. The molecule has 0 aromatic rings. The summed E-state index contributed by atoms with van der Waals surface area (Å²) in [5, 5.41) is 5.42. The van der Waals surface area contributed by atoms with E-state index in [2.05, 4.69) is 10.6 Å². The summed E-state index contributed by atoms with van der Waals surface area (Å²) in [6, 6.07) is 0. The Bertz CT molecular complexity index is 177. The molecular weight excluding hydrogens is 180 g/mol. The van der Waals surface area contributed by atoms with Crippen LogP contribution in [0.25, 0.3) is 0 Å². The van der Waals surface area contributed by atoms with Crippen LogP contribution >= 0.6 is 0 Å². The maximum absolute atomic E-state index is 10.4. The highest BCUT2D eigenvalue weighted by molar-refractivity contribution is 5.77. The molecular formula is C10H20N2O2. The third-order valence-electron chi connectivity index (χ3n) is 2.06. The molecule has 0 spiro atoms. The summed E-state index contributed by atoms with van der Waals surface area (Å²) in [5.41, 5.74) is 0. The van der Waals surface area contributed by atoms with Crippen molar-refractivity contribution in [1.29, 1.82) is 0 Å². The number of hydrogen-bond acceptors (Lipinski definition) is 2. The molecule has 0 bridgehead atoms. The van der Waals surface area contributed by atoms with Gasteiger partial charge in [0.25, 0.3) is 0 Å². The monoisotopic (exact) mass is 200 g/mol. The van der Waals surface area contributed by atoms with Gasteiger partial charge in [0.05, 0.1) is 0 Å². The maximum Gasteiger partial charge on any atom is 0.220 e. The summed E-state index contributed by atoms with van der Waals surface area (Å²) < 4.78 is 0. The van der Waals surface area contributed by atoms with E-state index in [4.69, 9.17) is 0 Å². The Morgan fingerprint density at radius 1 is 0.786 bits per heavy atom. The van der Waals surface area contributed by atoms with Gasteiger partial charge in [-0.05, 0) is 19.3 Å². The van der Waals surface area contributed by atoms with Crippen molar-refractivity contribution < 1.29 is 9.59 Å². The van der Waals surface area contributed by atoms with Crippen molar-refractivity contribution in [3.63, 3.8) is 0 Å². The van der Waals surface area contributed by atoms with Gasteiger partial charge in [0.2, 0.25) is 11.8 Å². The predicted molar refractivity (Wildman–Crippen MR) is 55.8 cm³/mol. The van der Waals surface area contributed by atoms with E-state index < -0.39 is 0 Å². The van der Waals surface area contributed by atoms with Gasteiger partial charge in [0, 0.05) is 25.9 Å². The van der Waals surface area contributed by atoms with Gasteiger partial charge in [0.15, 0.2) is 0 Å². The highest BCUT2D eigenvalue weighted by Gasteiger charge is 2.05. The van der Waals surface area contributed by atoms with Gasteiger partial charge in [-0.25, -0.2) is 0 Å². The quantitative estimate of drug-likeness (QED) is 0.608. The minimum atomic E-state index is 0. The average molecular weight is 200 g/mol. The van der Waals surface area contributed by atoms with E-state index in [1.807, 2.05) is 0 Å². The van der Waals surface area contributed by atoms with E-state index in [1.165, 1.54) is 0 Å². The third kappa shape index (κ3) is 5.56. The molecule has 2 rings (SSSR count). The maximum atomic E-state index is 10.4. The molecule has 2 N–H and O–H groups in total. The van der Waals surface area contributed by atoms with Crippen LogP contribution in [-0.4, -0.2) is 24.9 Å². The van der Waals surface area contributed by atoms with E-state index in [0.717, 1.165) is 45.2 Å². The van der Waals surface area contributed by atoms with Crippen LogP contribution in [-0.2, 0) is 9.59 Å². The smallest absolute Gasteiger partial charge is 0.220 e. The molecule has 0 saturated carbocycles. The Labute approximate surface area is 85.4 Å². The SMILES string of the molecule is C.O=C1CCCCN1.O=C1CCCN1. The van der Waals surface area contributed by atoms with Crippen LogP contribution in [0, 0.1) is 0 Å². The second-order valence-electron chi connectivity index (χ2n) is 3.26. The minimum Gasteiger partial charge on any atom is -0.356 e. The number of piperidine rings is 1. The largest absolute Gasteiger partial charge is 0.356 e. The van der Waals surface area contributed by atoms with Crippen molar-refractivity contribution in [3.8, 4) is 0 Å². The molecule has 2 saturated heterocycles. The third-order valence-corrected chi connectivity index (χ3v) is 2.06. The molecule has 0 atom stereocenters. The molecule has 2 heterocycles. The molecule has 82 valence electrons. The van der Waals surface area contributed by atoms with Crippen LogP contribution in [0.2, 0.25) is 0 Å². The summed E-state index contributed by atoms with van der Waals surface area (Å²) in [4.78, 5) is 20.5. The molecule has 4 heteroatoms. The van der Waals surface area contributed by atoms with Gasteiger partial charge in [-0.2, -0.15) is 0 Å². The van der Waals surface area contributed by atoms with Gasteiger partial charge in [0.1, 0.15) is 0 Å². The van der Waals surface area contributed by atoms with E-state index in [9.17, 15) is 9.59 Å². The first-order chi connectivity index (χ1) is 6.29. The first-order valence-electron chi connectivity index (χ1n) is 4.82. The summed E-state index contributed by atoms with van der Waals surface area (Å²) >= 11 is 0. The zero-order valence-corrected chi connectivity index (χ0v) is 7.77. The van der Waals surface area contributed by atoms with Gasteiger partial charge < -0.3 is 10.6 Å². The first-order valence-corrected chi connectivity index (χ1v) is 4.82. The normalized spacial score (nSPS) is 19.7. The fraction of sp³-hybridized carbons (Fsp3) is 0.800. The number of rotatable bonds is 0. The standard InChI is InChI=1S/C5H9NO.C4H7NO.CH4/c7-5-3-1-2-4-6-5;6-4-2-1-3-5-4;/h1-4H2,(H,6,7);1-3H2,(H,5,6);1H4. The molecule has 0 unspecified atom stereocenters. The van der Waals surface area contributed by atoms with Gasteiger partial charge in [-0.3, -0.25) is 9.59 Å². The molecule has 2 fully saturated rings. The second-order valence-corrected chi connectivity index (χ2v) is 3.26. The Morgan fingerprint density at radius 2 is 1.29 bits per heavy atom. The molecule has 2 aliphatic heterocycles. The lowest BCUT2D eigenvalue weighted by molar-refractivity contribution is -0.122. The lowest BCUT2D eigenvalue weighted by Crippen LogP contribution is -2.28. The van der Waals surface area contributed by atoms with Gasteiger partial charge in [-0.15, -0.1) is 0 Å². The minimum absolute atomic E-state index is 0. The van der Waals surface area contributed by atoms with Crippen molar-refractivity contribution in [2.24, 2.45) is 0 Å². The van der Waals surface area contributed by atoms with E-state index in [1.54, 1.807) is 0 Å². The molecule has 0 aliphatic carbocycles. The van der Waals surface area contributed by atoms with Gasteiger partial charge >= 0.3 is 0 Å². The first kappa shape index (κ1) is 12.9. The summed E-state index contributed by atoms with van der Waals surface area (Å²) in [5.74, 6) is 0.418. The molecule has 2 aliphatic rings. The number of amides is 2. The number of hydrogen-bond donors (Lipinski definition) is 2. The van der Waals surface area contributed by atoms with Crippen molar-refractivity contribution in [3.05, 3.63) is 0 Å². The molecule has 0 radical (unpaired) electrons. The molecule has 2 amide bonds. The number of carbonyl (C=O) groups is 2. The Morgan fingerprint density at radius 3 is 1.50 bits per heavy atom. The fourth-order valence-electron chi connectivity index (χ4n) is 1.29. The average Bonchev–Trinajstić information content (AvgIpc) is 2.58. The number of nitrogens with one attached hydrogen (secondary N) is 2. The van der Waals surface area contributed by atoms with E-state index in [-0.39, 0.29) is 19.2 Å². The van der Waals surface area contributed by atoms with Crippen LogP contribution in [0.1, 0.15) is 39.5 Å². The Kier molecular flexibility index (Phi) is 6.80. The van der Waals surface area contributed by atoms with Gasteiger partial charge in [-0.1, -0.05) is 7.43 Å². The summed E-state index contributed by atoms with van der Waals surface area (Å²) in [6.07, 6.45) is 4.73. The van der Waals surface area contributed by atoms with Crippen molar-refractivity contribution in [2.45, 2.75) is 39.5 Å². The van der Waals surface area contributed by atoms with Crippen molar-refractivity contribution >= 4 is 11.8 Å². The number of carbonyl (C=O) groups excluding carboxylic acids is 2. The van der Waals surface area contributed by atoms with Crippen LogP contribution in [0.3, 0.4) is 0 Å². The van der Waals surface area contributed by atoms with E-state index in [0.29, 0.717) is 0 Å². The Hall–Kier alpha value is -1.06. The van der Waals surface area contributed by atoms with Crippen molar-refractivity contribution in [2.75, 3.05) is 13.1 Å². The zero-order valence-electron chi connectivity index (χ0n) is 7.77. The van der Waals surface area contributed by atoms with Crippen LogP contribution in [0.5, 0.6) is 0 Å². The Balaban J connectivity index is 0.000000227. The summed E-state index contributed by atoms with van der Waals surface area (Å²) in [7, 11) is 0. The van der Waals surface area contributed by atoms with Crippen LogP contribution < -0.4 is 10.6 Å².